The lowest BCUT2D eigenvalue weighted by Gasteiger charge is -1.91. The van der Waals surface area contributed by atoms with Crippen molar-refractivity contribution in [3.8, 4) is 0 Å². The lowest BCUT2D eigenvalue weighted by Crippen LogP contribution is -1.78. The molecule has 726 valence electrons. The molecule has 33 nitrogen and oxygen atoms in total. The highest BCUT2D eigenvalue weighted by Gasteiger charge is 1.95. The number of benzene rings is 6. The molecule has 4 aliphatic heterocycles. The van der Waals surface area contributed by atoms with Crippen molar-refractivity contribution in [1.29, 1.82) is 0 Å². The molecule has 0 spiro atoms. The Kier molecular flexibility index (Phi) is 61.6. The van der Waals surface area contributed by atoms with Gasteiger partial charge < -0.3 is 28.3 Å². The molecule has 5 aliphatic rings. The zero-order chi connectivity index (χ0) is 101. The Morgan fingerprint density at radius 3 is 1.37 bits per heavy atom. The number of oxazole rings is 1. The van der Waals surface area contributed by atoms with Crippen molar-refractivity contribution in [2.45, 2.75) is 19.3 Å². The van der Waals surface area contributed by atoms with E-state index in [2.05, 4.69) is 218 Å². The number of furan rings is 1. The van der Waals surface area contributed by atoms with Crippen LogP contribution in [0.25, 0.3) is 76.7 Å². The first-order valence-electron chi connectivity index (χ1n) is 44.3. The Labute approximate surface area is 849 Å². The molecule has 22 heterocycles. The zero-order valence-electron chi connectivity index (χ0n) is 78.6. The normalized spacial score (nSPS) is 10.6. The molecule has 0 saturated carbocycles. The fourth-order valence-corrected chi connectivity index (χ4v) is 11.3. The molecular weight excluding hydrogens is 1870 g/mol. The first-order chi connectivity index (χ1) is 72.3. The summed E-state index contributed by atoms with van der Waals surface area (Å²) in [6.07, 6.45) is 78.3. The van der Waals surface area contributed by atoms with E-state index in [1.807, 2.05) is 289 Å². The summed E-state index contributed by atoms with van der Waals surface area (Å²) in [7, 11) is 0. The van der Waals surface area contributed by atoms with E-state index < -0.39 is 0 Å². The number of thiophene rings is 1. The highest BCUT2D eigenvalue weighted by Crippen LogP contribution is 2.13. The van der Waals surface area contributed by atoms with Crippen LogP contribution in [0.3, 0.4) is 0 Å². The highest BCUT2D eigenvalue weighted by molar-refractivity contribution is 7.07. The number of imidazole rings is 1. The molecule has 0 saturated heterocycles. The van der Waals surface area contributed by atoms with Crippen LogP contribution in [0, 0.1) is 0 Å². The van der Waals surface area contributed by atoms with Gasteiger partial charge in [-0.05, 0) is 179 Å². The largest absolute Gasteiger partial charge is 0.473 e. The summed E-state index contributed by atoms with van der Waals surface area (Å²) >= 11 is 4.78. The quantitative estimate of drug-likeness (QED) is 0.110. The number of para-hydroxylation sites is 8. The molecule has 18 aromatic heterocycles. The van der Waals surface area contributed by atoms with Crippen LogP contribution in [0.1, 0.15) is 19.3 Å². The average molecular weight is 1980 g/mol. The smallest absolute Gasteiger partial charge is 0.180 e. The van der Waals surface area contributed by atoms with Gasteiger partial charge in [-0.1, -0.05) is 163 Å². The van der Waals surface area contributed by atoms with Gasteiger partial charge in [-0.25, -0.2) is 39.3 Å². The van der Waals surface area contributed by atoms with Crippen molar-refractivity contribution in [2.24, 2.45) is 35.6 Å². The van der Waals surface area contributed by atoms with Gasteiger partial charge in [0.1, 0.15) is 30.8 Å². The topological polar surface area (TPSA) is 434 Å². The van der Waals surface area contributed by atoms with Gasteiger partial charge in [0, 0.05) is 199 Å². The van der Waals surface area contributed by atoms with E-state index in [4.69, 9.17) is 0 Å². The highest BCUT2D eigenvalue weighted by atomic mass is 32.1. The lowest BCUT2D eigenvalue weighted by atomic mass is 10.2. The molecule has 0 radical (unpaired) electrons. The maximum Gasteiger partial charge on any atom is 0.180 e. The Morgan fingerprint density at radius 1 is 0.317 bits per heavy atom. The van der Waals surface area contributed by atoms with Gasteiger partial charge in [-0.2, -0.15) is 41.9 Å². The van der Waals surface area contributed by atoms with Gasteiger partial charge in [-0.15, -0.1) is 16.4 Å². The number of hydrogen-bond donors (Lipinski definition) is 4. The van der Waals surface area contributed by atoms with Crippen LogP contribution in [-0.2, 0) is 0 Å². The number of pyridine rings is 3. The molecule has 0 amide bonds. The summed E-state index contributed by atoms with van der Waals surface area (Å²) in [4.78, 5) is 71.2. The minimum Gasteiger partial charge on any atom is -0.473 e. The second-order valence-corrected chi connectivity index (χ2v) is 29.0. The standard InChI is InChI=1S/C9H7N.2C8H6N2.C8H7N.3C7H6N2.C5H5N.C5H6.3C4H4N2.2C4H5N.C4H4O.C4H4S.C3H4N2.2C3H3NO.2C3H3NS.C2H3N3/c1-2-6-9-8(4-1)5-3-7-10-9;1-2-4-8-7(3-1)5-9-6-10-8;1-2-4-8-7(3-1)9-5-6-10-8;1-2-4-8-7(3-1)5-6-9-8;1-2-6-3-5-9-7(6)8-4-1;1-2-4-7-6(3-1)8-5-9-7;1-2-4-7-6(3-1)5-8-9-7;1-2-4-6-5-3-1;1-2-4-5-3-1;1-2-6-4-3-5-1;1-2-5-4-6-3-1;1-2-4-6-5-3-1;5*1-2-4-5-3-1;1-2-5-3-4-1;1-2-4-5-3-1;1-2-5-3-4-1;2*1-2-4-5-3-1/h1-7H;2*1-6H;1-6,9H;3*1-5H,(H,8,9);1-5H;1-4H,5H2;3*1-4H;1,3-4H,2H2;1-3H,4H2;2*1-4H;2-3H,1H2;4*1-3H;1H,2H2. The van der Waals surface area contributed by atoms with Gasteiger partial charge in [0.25, 0.3) is 0 Å². The van der Waals surface area contributed by atoms with Gasteiger partial charge >= 0.3 is 0 Å². The molecule has 24 aromatic rings. The summed E-state index contributed by atoms with van der Waals surface area (Å²) in [5, 5.41) is 48.2. The summed E-state index contributed by atoms with van der Waals surface area (Å²) in [6.45, 7) is 1.56. The van der Waals surface area contributed by atoms with E-state index in [9.17, 15) is 0 Å². The zero-order valence-corrected chi connectivity index (χ0v) is 81.0. The van der Waals surface area contributed by atoms with E-state index in [-0.39, 0.29) is 0 Å². The first kappa shape index (κ1) is 111. The van der Waals surface area contributed by atoms with E-state index in [1.165, 1.54) is 53.1 Å². The molecule has 145 heavy (non-hydrogen) atoms. The maximum atomic E-state index is 4.58. The molecule has 6 aromatic carbocycles. The van der Waals surface area contributed by atoms with Crippen LogP contribution in [0.5, 0.6) is 0 Å². The number of rotatable bonds is 0. The molecule has 4 N–H and O–H groups in total. The number of nitrogens with one attached hydrogen (secondary N) is 4. The second kappa shape index (κ2) is 80.6. The van der Waals surface area contributed by atoms with Crippen molar-refractivity contribution < 1.29 is 13.4 Å². The number of fused-ring (bicyclic) bond motifs is 7. The van der Waals surface area contributed by atoms with Crippen LogP contribution in [0.15, 0.2) is 566 Å². The average Bonchev–Trinajstić information content (AvgIpc) is 1.86. The molecule has 1 aliphatic carbocycles. The number of allylic oxidation sites excluding steroid dienone is 6. The Bertz CT molecular complexity index is 5820. The van der Waals surface area contributed by atoms with Gasteiger partial charge in [0.2, 0.25) is 0 Å². The second-order valence-electron chi connectivity index (χ2n) is 26.8. The molecule has 36 heteroatoms. The van der Waals surface area contributed by atoms with Crippen LogP contribution in [-0.4, -0.2) is 159 Å². The number of H-pyrrole nitrogens is 4. The number of hydrogen-bond acceptors (Lipinski definition) is 32. The number of thiazole rings is 1. The SMILES string of the molecule is C1=CCC=C1.C1=CCN=C1.C1=CN=CC1.C1=NN=CC1.C1=NN=NC1.c1ccc2[nH]ccc2c1.c1ccc2[nH]cnc2c1.c1ccc2[nH]ncc2c1.c1ccc2ncccc2c1.c1ccc2nccnc2c1.c1ccc2ncncc2c1.c1ccncc1.c1ccnnc1.c1ccoc1.c1ccsc1.c1cnc2[nH]ccc2c1.c1cnccn1.c1cncnc1.c1cnoc1.c1cnsc1.c1cocn1.c1cscn1. The van der Waals surface area contributed by atoms with Gasteiger partial charge in [0.15, 0.2) is 6.39 Å². The number of aromatic amines is 4. The Morgan fingerprint density at radius 2 is 0.952 bits per heavy atom. The fraction of sp³-hybridized carbons (Fsp3) is 0.0459. The molecule has 0 atom stereocenters. The summed E-state index contributed by atoms with van der Waals surface area (Å²) in [5.74, 6) is 0. The van der Waals surface area contributed by atoms with E-state index >= 15 is 0 Å². The molecule has 0 fully saturated rings. The predicted octanol–water partition coefficient (Wildman–Crippen LogP) is 25.5. The number of aliphatic imine (C=N–C) groups is 2. The Hall–Kier alpha value is -19.5. The molecule has 29 rings (SSSR count). The van der Waals surface area contributed by atoms with E-state index in [1.54, 1.807) is 202 Å². The Balaban J connectivity index is 0.000000186. The van der Waals surface area contributed by atoms with Crippen molar-refractivity contribution >= 4 is 142 Å². The first-order valence-corrected chi connectivity index (χ1v) is 47.0. The molecule has 0 bridgehead atoms. The van der Waals surface area contributed by atoms with Crippen LogP contribution >= 0.6 is 34.2 Å². The molecular formula is C109H104N30O3S3. The molecule has 0 unspecified atom stereocenters. The van der Waals surface area contributed by atoms with Crippen LogP contribution in [0.2, 0.25) is 0 Å². The van der Waals surface area contributed by atoms with Crippen LogP contribution in [0.4, 0.5) is 0 Å². The summed E-state index contributed by atoms with van der Waals surface area (Å²) in [6, 6.07) is 82.5. The van der Waals surface area contributed by atoms with Crippen molar-refractivity contribution in [3.63, 3.8) is 0 Å². The third-order valence-electron chi connectivity index (χ3n) is 16.5. The fourth-order valence-electron chi connectivity index (χ4n) is 10.1. The van der Waals surface area contributed by atoms with Crippen molar-refractivity contribution in [1.82, 2.24) is 115 Å². The van der Waals surface area contributed by atoms with Crippen molar-refractivity contribution in [3.05, 3.63) is 517 Å². The minimum atomic E-state index is 0.667. The number of nitrogens with zero attached hydrogens (tertiary/aromatic N) is 26. The number of aromatic nitrogens is 23. The monoisotopic (exact) mass is 1980 g/mol. The van der Waals surface area contributed by atoms with Gasteiger partial charge in [-0.3, -0.25) is 50.0 Å². The van der Waals surface area contributed by atoms with Gasteiger partial charge in [0.05, 0.1) is 101 Å². The minimum absolute atomic E-state index is 0.667. The van der Waals surface area contributed by atoms with Crippen LogP contribution < -0.4 is 0 Å². The summed E-state index contributed by atoms with van der Waals surface area (Å²) in [5.41, 5.74) is 11.1. The summed E-state index contributed by atoms with van der Waals surface area (Å²) < 4.78 is 17.2. The maximum absolute atomic E-state index is 4.58. The van der Waals surface area contributed by atoms with E-state index in [0.717, 1.165) is 86.2 Å². The lowest BCUT2D eigenvalue weighted by molar-refractivity contribution is 0.420. The third-order valence-corrected chi connectivity index (χ3v) is 18.2. The van der Waals surface area contributed by atoms with Crippen molar-refractivity contribution in [2.75, 3.05) is 13.1 Å². The third kappa shape index (κ3) is 56.7. The van der Waals surface area contributed by atoms with E-state index in [0.29, 0.717) is 6.54 Å². The predicted molar refractivity (Wildman–Crippen MR) is 585 cm³/mol.